The largest absolute Gasteiger partial charge is 0.481 e. The quantitative estimate of drug-likeness (QED) is 0.867. The van der Waals surface area contributed by atoms with Crippen LogP contribution in [0, 0.1) is 5.92 Å². The molecule has 1 saturated carbocycles. The maximum atomic E-state index is 12.3. The van der Waals surface area contributed by atoms with Gasteiger partial charge in [0.05, 0.1) is 5.92 Å². The van der Waals surface area contributed by atoms with Crippen LogP contribution in [0.4, 0.5) is 4.79 Å². The molecule has 1 aromatic rings. The highest BCUT2D eigenvalue weighted by atomic mass is 16.4. The average Bonchev–Trinajstić information content (AvgIpc) is 2.94. The molecule has 1 aromatic heterocycles. The standard InChI is InChI=1S/C15H21N3O3/c1-2-18(10-11-5-7-16-8-6-11)15(21)17-13-4-3-12(9-13)14(19)20/h5-8,12-13H,2-4,9-10H2,1H3,(H,17,21)(H,19,20). The van der Waals surface area contributed by atoms with Crippen molar-refractivity contribution in [2.24, 2.45) is 5.92 Å². The number of hydrogen-bond acceptors (Lipinski definition) is 3. The van der Waals surface area contributed by atoms with E-state index in [1.165, 1.54) is 0 Å². The van der Waals surface area contributed by atoms with Crippen molar-refractivity contribution < 1.29 is 14.7 Å². The number of aliphatic carboxylic acids is 1. The summed E-state index contributed by atoms with van der Waals surface area (Å²) in [6.07, 6.45) is 5.30. The molecule has 1 aliphatic carbocycles. The molecule has 1 fully saturated rings. The number of carboxylic acids is 1. The average molecular weight is 291 g/mol. The summed E-state index contributed by atoms with van der Waals surface area (Å²) in [5.41, 5.74) is 1.02. The van der Waals surface area contributed by atoms with Gasteiger partial charge in [0.15, 0.2) is 0 Å². The van der Waals surface area contributed by atoms with E-state index in [2.05, 4.69) is 10.3 Å². The van der Waals surface area contributed by atoms with E-state index in [4.69, 9.17) is 5.11 Å². The number of carbonyl (C=O) groups is 2. The van der Waals surface area contributed by atoms with Crippen LogP contribution >= 0.6 is 0 Å². The Labute approximate surface area is 124 Å². The Bertz CT molecular complexity index is 492. The van der Waals surface area contributed by atoms with E-state index in [0.29, 0.717) is 25.9 Å². The number of amides is 2. The van der Waals surface area contributed by atoms with E-state index in [9.17, 15) is 9.59 Å². The van der Waals surface area contributed by atoms with Crippen molar-refractivity contribution in [3.63, 3.8) is 0 Å². The molecule has 2 atom stereocenters. The number of urea groups is 1. The van der Waals surface area contributed by atoms with Gasteiger partial charge in [-0.25, -0.2) is 4.79 Å². The lowest BCUT2D eigenvalue weighted by molar-refractivity contribution is -0.141. The molecular weight excluding hydrogens is 270 g/mol. The minimum Gasteiger partial charge on any atom is -0.481 e. The lowest BCUT2D eigenvalue weighted by Crippen LogP contribution is -2.43. The number of nitrogens with zero attached hydrogens (tertiary/aromatic N) is 2. The Hall–Kier alpha value is -2.11. The number of carbonyl (C=O) groups excluding carboxylic acids is 1. The third-order valence-electron chi connectivity index (χ3n) is 3.90. The van der Waals surface area contributed by atoms with Gasteiger partial charge in [0.25, 0.3) is 0 Å². The number of pyridine rings is 1. The smallest absolute Gasteiger partial charge is 0.317 e. The van der Waals surface area contributed by atoms with Crippen LogP contribution in [-0.2, 0) is 11.3 Å². The van der Waals surface area contributed by atoms with Crippen LogP contribution in [0.5, 0.6) is 0 Å². The molecule has 2 amide bonds. The fourth-order valence-electron chi connectivity index (χ4n) is 2.64. The Morgan fingerprint density at radius 2 is 2.10 bits per heavy atom. The molecule has 114 valence electrons. The SMILES string of the molecule is CCN(Cc1ccncc1)C(=O)NC1CCC(C(=O)O)C1. The number of aromatic nitrogens is 1. The zero-order valence-electron chi connectivity index (χ0n) is 12.2. The van der Waals surface area contributed by atoms with Gasteiger partial charge in [-0.3, -0.25) is 9.78 Å². The molecular formula is C15H21N3O3. The van der Waals surface area contributed by atoms with Crippen LogP contribution in [-0.4, -0.2) is 39.6 Å². The molecule has 0 spiro atoms. The lowest BCUT2D eigenvalue weighted by atomic mass is 10.1. The van der Waals surface area contributed by atoms with Crippen LogP contribution in [0.25, 0.3) is 0 Å². The highest BCUT2D eigenvalue weighted by Crippen LogP contribution is 2.25. The van der Waals surface area contributed by atoms with Crippen molar-refractivity contribution in [2.75, 3.05) is 6.54 Å². The van der Waals surface area contributed by atoms with Gasteiger partial charge in [0.1, 0.15) is 0 Å². The molecule has 2 rings (SSSR count). The van der Waals surface area contributed by atoms with E-state index in [1.54, 1.807) is 17.3 Å². The second kappa shape index (κ2) is 7.06. The molecule has 2 unspecified atom stereocenters. The Morgan fingerprint density at radius 1 is 1.38 bits per heavy atom. The predicted octanol–water partition coefficient (Wildman–Crippen LogP) is 1.87. The topological polar surface area (TPSA) is 82.5 Å². The van der Waals surface area contributed by atoms with Gasteiger partial charge >= 0.3 is 12.0 Å². The fraction of sp³-hybridized carbons (Fsp3) is 0.533. The minimum absolute atomic E-state index is 0.0370. The van der Waals surface area contributed by atoms with Crippen LogP contribution in [0.3, 0.4) is 0 Å². The van der Waals surface area contributed by atoms with Crippen molar-refractivity contribution in [3.8, 4) is 0 Å². The summed E-state index contributed by atoms with van der Waals surface area (Å²) in [7, 11) is 0. The van der Waals surface area contributed by atoms with Crippen molar-refractivity contribution in [2.45, 2.75) is 38.8 Å². The van der Waals surface area contributed by atoms with Gasteiger partial charge in [-0.05, 0) is 43.9 Å². The number of hydrogen-bond donors (Lipinski definition) is 2. The molecule has 1 heterocycles. The van der Waals surface area contributed by atoms with Gasteiger partial charge in [0, 0.05) is 31.5 Å². The first-order valence-electron chi connectivity index (χ1n) is 7.27. The molecule has 1 aliphatic rings. The highest BCUT2D eigenvalue weighted by molar-refractivity contribution is 5.75. The van der Waals surface area contributed by atoms with Gasteiger partial charge in [-0.2, -0.15) is 0 Å². The first kappa shape index (κ1) is 15.3. The van der Waals surface area contributed by atoms with Gasteiger partial charge in [0.2, 0.25) is 0 Å². The third-order valence-corrected chi connectivity index (χ3v) is 3.90. The van der Waals surface area contributed by atoms with Gasteiger partial charge in [-0.1, -0.05) is 0 Å². The molecule has 0 bridgehead atoms. The van der Waals surface area contributed by atoms with Crippen LogP contribution in [0.2, 0.25) is 0 Å². The highest BCUT2D eigenvalue weighted by Gasteiger charge is 2.31. The van der Waals surface area contributed by atoms with Gasteiger partial charge < -0.3 is 15.3 Å². The predicted molar refractivity (Wildman–Crippen MR) is 77.6 cm³/mol. The van der Waals surface area contributed by atoms with Crippen molar-refractivity contribution >= 4 is 12.0 Å². The summed E-state index contributed by atoms with van der Waals surface area (Å²) in [6, 6.07) is 3.59. The number of nitrogens with one attached hydrogen (secondary N) is 1. The maximum Gasteiger partial charge on any atom is 0.317 e. The zero-order valence-corrected chi connectivity index (χ0v) is 12.2. The molecule has 6 heteroatoms. The first-order valence-corrected chi connectivity index (χ1v) is 7.27. The molecule has 21 heavy (non-hydrogen) atoms. The van der Waals surface area contributed by atoms with Crippen molar-refractivity contribution in [3.05, 3.63) is 30.1 Å². The molecule has 0 saturated heterocycles. The van der Waals surface area contributed by atoms with E-state index >= 15 is 0 Å². The Balaban J connectivity index is 1.88. The maximum absolute atomic E-state index is 12.3. The van der Waals surface area contributed by atoms with Crippen molar-refractivity contribution in [1.82, 2.24) is 15.2 Å². The van der Waals surface area contributed by atoms with Crippen LogP contribution in [0.15, 0.2) is 24.5 Å². The molecule has 6 nitrogen and oxygen atoms in total. The molecule has 0 radical (unpaired) electrons. The molecule has 2 N–H and O–H groups in total. The summed E-state index contributed by atoms with van der Waals surface area (Å²) in [5.74, 6) is -1.10. The lowest BCUT2D eigenvalue weighted by Gasteiger charge is -2.24. The van der Waals surface area contributed by atoms with E-state index in [-0.39, 0.29) is 18.0 Å². The van der Waals surface area contributed by atoms with Crippen LogP contribution < -0.4 is 5.32 Å². The number of rotatable bonds is 5. The number of carboxylic acid groups (broad SMARTS) is 1. The minimum atomic E-state index is -0.768. The third kappa shape index (κ3) is 4.18. The second-order valence-corrected chi connectivity index (χ2v) is 5.36. The molecule has 0 aliphatic heterocycles. The van der Waals surface area contributed by atoms with E-state index in [0.717, 1.165) is 12.0 Å². The summed E-state index contributed by atoms with van der Waals surface area (Å²) in [4.78, 5) is 28.9. The first-order chi connectivity index (χ1) is 10.1. The Kier molecular flexibility index (Phi) is 5.14. The summed E-state index contributed by atoms with van der Waals surface area (Å²) >= 11 is 0. The summed E-state index contributed by atoms with van der Waals surface area (Å²) in [5, 5.41) is 11.9. The molecule has 0 aromatic carbocycles. The van der Waals surface area contributed by atoms with E-state index in [1.807, 2.05) is 19.1 Å². The van der Waals surface area contributed by atoms with Crippen LogP contribution in [0.1, 0.15) is 31.7 Å². The fourth-order valence-corrected chi connectivity index (χ4v) is 2.64. The second-order valence-electron chi connectivity index (χ2n) is 5.36. The normalized spacial score (nSPS) is 21.0. The zero-order chi connectivity index (χ0) is 15.2. The van der Waals surface area contributed by atoms with Gasteiger partial charge in [-0.15, -0.1) is 0 Å². The summed E-state index contributed by atoms with van der Waals surface area (Å²) in [6.45, 7) is 3.05. The Morgan fingerprint density at radius 3 is 2.67 bits per heavy atom. The monoisotopic (exact) mass is 291 g/mol. The van der Waals surface area contributed by atoms with Crippen molar-refractivity contribution in [1.29, 1.82) is 0 Å². The summed E-state index contributed by atoms with van der Waals surface area (Å²) < 4.78 is 0. The van der Waals surface area contributed by atoms with E-state index < -0.39 is 5.97 Å².